The Labute approximate surface area is 107 Å². The molecule has 0 aliphatic rings. The van der Waals surface area contributed by atoms with Gasteiger partial charge in [-0.3, -0.25) is 9.59 Å². The van der Waals surface area contributed by atoms with Crippen molar-refractivity contribution in [3.05, 3.63) is 33.9 Å². The lowest BCUT2D eigenvalue weighted by Gasteiger charge is -2.20. The Kier molecular flexibility index (Phi) is 4.11. The minimum Gasteiger partial charge on any atom is -0.480 e. The predicted octanol–water partition coefficient (Wildman–Crippen LogP) is 2.08. The number of benzene rings is 1. The zero-order chi connectivity index (χ0) is 14.0. The van der Waals surface area contributed by atoms with Crippen LogP contribution in [0.5, 0.6) is 0 Å². The van der Waals surface area contributed by atoms with E-state index in [1.165, 1.54) is 11.9 Å². The van der Waals surface area contributed by atoms with Crippen molar-refractivity contribution in [1.29, 1.82) is 0 Å². The normalized spacial score (nSPS) is 10.3. The molecule has 1 N–H and O–H groups in total. The van der Waals surface area contributed by atoms with E-state index in [1.807, 2.05) is 33.8 Å². The van der Waals surface area contributed by atoms with Crippen LogP contribution in [0.2, 0.25) is 0 Å². The predicted molar refractivity (Wildman–Crippen MR) is 70.0 cm³/mol. The third kappa shape index (κ3) is 2.70. The van der Waals surface area contributed by atoms with Crippen molar-refractivity contribution in [2.24, 2.45) is 0 Å². The molecular formula is C14H19NO3. The molecule has 0 saturated carbocycles. The molecule has 0 radical (unpaired) electrons. The van der Waals surface area contributed by atoms with Crippen LogP contribution < -0.4 is 0 Å². The van der Waals surface area contributed by atoms with Gasteiger partial charge in [-0.15, -0.1) is 0 Å². The standard InChI is InChI=1S/C14H19NO3/c1-8-6-9(2)11(4)13(10(8)3)14(18)15(5)7-12(16)17/h6H,7H2,1-5H3,(H,16,17). The third-order valence-electron chi connectivity index (χ3n) is 3.30. The number of likely N-dealkylation sites (N-methyl/N-ethyl adjacent to an activating group) is 1. The SMILES string of the molecule is Cc1cc(C)c(C)c(C(=O)N(C)CC(=O)O)c1C. The Hall–Kier alpha value is -1.84. The number of aryl methyl sites for hydroxylation is 2. The van der Waals surface area contributed by atoms with Gasteiger partial charge in [0.05, 0.1) is 0 Å². The van der Waals surface area contributed by atoms with E-state index in [-0.39, 0.29) is 12.5 Å². The first-order chi connectivity index (χ1) is 8.25. The molecule has 18 heavy (non-hydrogen) atoms. The van der Waals surface area contributed by atoms with E-state index in [4.69, 9.17) is 5.11 Å². The summed E-state index contributed by atoms with van der Waals surface area (Å²) in [5.41, 5.74) is 4.55. The van der Waals surface area contributed by atoms with Gasteiger partial charge in [0.25, 0.3) is 5.91 Å². The summed E-state index contributed by atoms with van der Waals surface area (Å²) in [6, 6.07) is 2.04. The lowest BCUT2D eigenvalue weighted by atomic mass is 9.93. The molecule has 0 spiro atoms. The van der Waals surface area contributed by atoms with Crippen LogP contribution in [0, 0.1) is 27.7 Å². The average molecular weight is 249 g/mol. The largest absolute Gasteiger partial charge is 0.480 e. The van der Waals surface area contributed by atoms with E-state index in [2.05, 4.69) is 0 Å². The van der Waals surface area contributed by atoms with Gasteiger partial charge in [0.1, 0.15) is 6.54 Å². The molecule has 98 valence electrons. The highest BCUT2D eigenvalue weighted by atomic mass is 16.4. The Balaban J connectivity index is 3.24. The number of aliphatic carboxylic acids is 1. The monoisotopic (exact) mass is 249 g/mol. The number of rotatable bonds is 3. The molecule has 4 heteroatoms. The number of nitrogens with zero attached hydrogens (tertiary/aromatic N) is 1. The van der Waals surface area contributed by atoms with E-state index in [9.17, 15) is 9.59 Å². The maximum atomic E-state index is 12.3. The molecule has 1 rings (SSSR count). The summed E-state index contributed by atoms with van der Waals surface area (Å²) in [5, 5.41) is 8.73. The van der Waals surface area contributed by atoms with Gasteiger partial charge in [-0.25, -0.2) is 0 Å². The molecule has 0 aliphatic carbocycles. The second-order valence-corrected chi connectivity index (χ2v) is 4.69. The maximum Gasteiger partial charge on any atom is 0.323 e. The van der Waals surface area contributed by atoms with Crippen LogP contribution in [-0.2, 0) is 4.79 Å². The van der Waals surface area contributed by atoms with Crippen LogP contribution in [-0.4, -0.2) is 35.5 Å². The highest BCUT2D eigenvalue weighted by Crippen LogP contribution is 2.22. The summed E-state index contributed by atoms with van der Waals surface area (Å²) >= 11 is 0. The molecule has 0 aliphatic heterocycles. The number of carboxylic acids is 1. The fourth-order valence-corrected chi connectivity index (χ4v) is 2.00. The van der Waals surface area contributed by atoms with E-state index < -0.39 is 5.97 Å². The van der Waals surface area contributed by atoms with Crippen molar-refractivity contribution >= 4 is 11.9 Å². The Morgan fingerprint density at radius 3 is 1.94 bits per heavy atom. The van der Waals surface area contributed by atoms with Gasteiger partial charge < -0.3 is 10.0 Å². The second-order valence-electron chi connectivity index (χ2n) is 4.69. The molecule has 4 nitrogen and oxygen atoms in total. The number of hydrogen-bond acceptors (Lipinski definition) is 2. The Morgan fingerprint density at radius 1 is 1.11 bits per heavy atom. The van der Waals surface area contributed by atoms with Crippen molar-refractivity contribution in [3.8, 4) is 0 Å². The first kappa shape index (κ1) is 14.2. The van der Waals surface area contributed by atoms with Gasteiger partial charge in [-0.05, 0) is 49.9 Å². The second kappa shape index (κ2) is 5.21. The fraction of sp³-hybridized carbons (Fsp3) is 0.429. The van der Waals surface area contributed by atoms with Gasteiger partial charge in [-0.1, -0.05) is 6.07 Å². The quantitative estimate of drug-likeness (QED) is 0.892. The molecule has 0 fully saturated rings. The van der Waals surface area contributed by atoms with Crippen LogP contribution in [0.15, 0.2) is 6.07 Å². The molecule has 1 aromatic carbocycles. The van der Waals surface area contributed by atoms with Crippen molar-refractivity contribution in [3.63, 3.8) is 0 Å². The molecule has 0 heterocycles. The van der Waals surface area contributed by atoms with Crippen LogP contribution in [0.4, 0.5) is 0 Å². The zero-order valence-electron chi connectivity index (χ0n) is 11.5. The summed E-state index contributed by atoms with van der Waals surface area (Å²) in [5.74, 6) is -1.25. The lowest BCUT2D eigenvalue weighted by molar-refractivity contribution is -0.137. The molecule has 1 aromatic rings. The summed E-state index contributed by atoms with van der Waals surface area (Å²) in [6.45, 7) is 7.41. The number of carbonyl (C=O) groups excluding carboxylic acids is 1. The van der Waals surface area contributed by atoms with Gasteiger partial charge in [0.15, 0.2) is 0 Å². The zero-order valence-corrected chi connectivity index (χ0v) is 11.5. The van der Waals surface area contributed by atoms with Crippen LogP contribution in [0.3, 0.4) is 0 Å². The number of amides is 1. The van der Waals surface area contributed by atoms with Gasteiger partial charge in [0, 0.05) is 12.6 Å². The van der Waals surface area contributed by atoms with Gasteiger partial charge in [-0.2, -0.15) is 0 Å². The maximum absolute atomic E-state index is 12.3. The summed E-state index contributed by atoms with van der Waals surface area (Å²) < 4.78 is 0. The molecule has 0 aromatic heterocycles. The topological polar surface area (TPSA) is 57.6 Å². The molecule has 0 atom stereocenters. The van der Waals surface area contributed by atoms with Crippen molar-refractivity contribution in [2.75, 3.05) is 13.6 Å². The highest BCUT2D eigenvalue weighted by molar-refractivity contribution is 5.98. The molecule has 0 bridgehead atoms. The van der Waals surface area contributed by atoms with E-state index >= 15 is 0 Å². The van der Waals surface area contributed by atoms with E-state index in [1.54, 1.807) is 0 Å². The van der Waals surface area contributed by atoms with Crippen molar-refractivity contribution in [1.82, 2.24) is 4.90 Å². The van der Waals surface area contributed by atoms with Crippen LogP contribution >= 0.6 is 0 Å². The minimum atomic E-state index is -1.01. The summed E-state index contributed by atoms with van der Waals surface area (Å²) in [4.78, 5) is 24.2. The first-order valence-electron chi connectivity index (χ1n) is 5.80. The summed E-state index contributed by atoms with van der Waals surface area (Å²) in [6.07, 6.45) is 0. The molecule has 1 amide bonds. The summed E-state index contributed by atoms with van der Waals surface area (Å²) in [7, 11) is 1.51. The number of hydrogen-bond donors (Lipinski definition) is 1. The Bertz CT molecular complexity index is 480. The van der Waals surface area contributed by atoms with Crippen LogP contribution in [0.1, 0.15) is 32.6 Å². The third-order valence-corrected chi connectivity index (χ3v) is 3.30. The average Bonchev–Trinajstić information content (AvgIpc) is 2.25. The fourth-order valence-electron chi connectivity index (χ4n) is 2.00. The minimum absolute atomic E-state index is 0.237. The number of carbonyl (C=O) groups is 2. The van der Waals surface area contributed by atoms with Gasteiger partial charge >= 0.3 is 5.97 Å². The van der Waals surface area contributed by atoms with Crippen molar-refractivity contribution < 1.29 is 14.7 Å². The smallest absolute Gasteiger partial charge is 0.323 e. The lowest BCUT2D eigenvalue weighted by Crippen LogP contribution is -2.33. The van der Waals surface area contributed by atoms with Gasteiger partial charge in [0.2, 0.25) is 0 Å². The van der Waals surface area contributed by atoms with Crippen LogP contribution in [0.25, 0.3) is 0 Å². The molecule has 0 unspecified atom stereocenters. The van der Waals surface area contributed by atoms with Crippen molar-refractivity contribution in [2.45, 2.75) is 27.7 Å². The molecule has 0 saturated heterocycles. The number of carboxylic acid groups (broad SMARTS) is 1. The first-order valence-corrected chi connectivity index (χ1v) is 5.80. The van der Waals surface area contributed by atoms with E-state index in [0.29, 0.717) is 5.56 Å². The van der Waals surface area contributed by atoms with E-state index in [0.717, 1.165) is 22.3 Å². The highest BCUT2D eigenvalue weighted by Gasteiger charge is 2.20. The molecular weight excluding hydrogens is 230 g/mol. The Morgan fingerprint density at radius 2 is 1.56 bits per heavy atom.